The maximum Gasteiger partial charge on any atom is 0.336 e. The van der Waals surface area contributed by atoms with Gasteiger partial charge in [0.25, 0.3) is 0 Å². The summed E-state index contributed by atoms with van der Waals surface area (Å²) >= 11 is 1.57. The highest BCUT2D eigenvalue weighted by atomic mass is 32.1. The predicted octanol–water partition coefficient (Wildman–Crippen LogP) is 7.87. The summed E-state index contributed by atoms with van der Waals surface area (Å²) in [6.45, 7) is 0. The lowest BCUT2D eigenvalue weighted by Gasteiger charge is -2.36. The third-order valence-corrected chi connectivity index (χ3v) is 7.14. The lowest BCUT2D eigenvalue weighted by molar-refractivity contribution is -0.128. The van der Waals surface area contributed by atoms with Crippen molar-refractivity contribution < 1.29 is 14.3 Å². The van der Waals surface area contributed by atoms with E-state index in [4.69, 9.17) is 9.47 Å². The summed E-state index contributed by atoms with van der Waals surface area (Å²) < 4.78 is 12.4. The molecule has 0 radical (unpaired) electrons. The maximum atomic E-state index is 12.4. The van der Waals surface area contributed by atoms with Crippen LogP contribution in [0.1, 0.15) is 21.6 Å². The molecule has 4 heteroatoms. The Kier molecular flexibility index (Phi) is 5.72. The third kappa shape index (κ3) is 4.12. The fourth-order valence-electron chi connectivity index (χ4n) is 4.57. The van der Waals surface area contributed by atoms with E-state index in [2.05, 4.69) is 36.4 Å². The van der Waals surface area contributed by atoms with Crippen molar-refractivity contribution in [3.05, 3.63) is 142 Å². The van der Waals surface area contributed by atoms with Crippen molar-refractivity contribution in [1.29, 1.82) is 0 Å². The van der Waals surface area contributed by atoms with Gasteiger partial charge in [-0.2, -0.15) is 0 Å². The predicted molar refractivity (Wildman–Crippen MR) is 146 cm³/mol. The first-order chi connectivity index (χ1) is 17.7. The van der Waals surface area contributed by atoms with Crippen LogP contribution in [0.15, 0.2) is 121 Å². The van der Waals surface area contributed by atoms with Crippen molar-refractivity contribution in [3.8, 4) is 11.5 Å². The van der Waals surface area contributed by atoms with Crippen LogP contribution in [0.4, 0.5) is 0 Å². The molecule has 0 fully saturated rings. The quantitative estimate of drug-likeness (QED) is 0.144. The molecule has 2 heterocycles. The summed E-state index contributed by atoms with van der Waals surface area (Å²) in [4.78, 5) is 13.4. The number of hydrogen-bond acceptors (Lipinski definition) is 4. The van der Waals surface area contributed by atoms with E-state index in [0.29, 0.717) is 5.75 Å². The zero-order valence-electron chi connectivity index (χ0n) is 19.3. The van der Waals surface area contributed by atoms with E-state index < -0.39 is 11.6 Å². The molecule has 174 valence electrons. The van der Waals surface area contributed by atoms with Gasteiger partial charge in [0.2, 0.25) is 0 Å². The molecule has 0 atom stereocenters. The molecule has 0 saturated carbocycles. The number of esters is 1. The number of rotatable bonds is 5. The summed E-state index contributed by atoms with van der Waals surface area (Å²) in [6, 6.07) is 34.1. The lowest BCUT2D eigenvalue weighted by atomic mass is 9.83. The SMILES string of the molecule is O=C(/C=C/c1cccs1)Oc1ccc2ccc3c(c2c1)C=CC(c1ccccc1)(c1ccccc1)O3. The van der Waals surface area contributed by atoms with Gasteiger partial charge in [0.15, 0.2) is 5.60 Å². The van der Waals surface area contributed by atoms with E-state index in [9.17, 15) is 4.79 Å². The maximum absolute atomic E-state index is 12.4. The Bertz CT molecular complexity index is 1540. The van der Waals surface area contributed by atoms with Crippen LogP contribution in [0, 0.1) is 0 Å². The Morgan fingerprint density at radius 2 is 1.56 bits per heavy atom. The highest BCUT2D eigenvalue weighted by Crippen LogP contribution is 2.44. The van der Waals surface area contributed by atoms with E-state index in [1.54, 1.807) is 17.4 Å². The summed E-state index contributed by atoms with van der Waals surface area (Å²) in [5.41, 5.74) is 2.33. The molecule has 0 amide bonds. The van der Waals surface area contributed by atoms with Gasteiger partial charge >= 0.3 is 5.97 Å². The van der Waals surface area contributed by atoms with Gasteiger partial charge in [0.05, 0.1) is 0 Å². The van der Waals surface area contributed by atoms with Crippen molar-refractivity contribution in [3.63, 3.8) is 0 Å². The van der Waals surface area contributed by atoms with E-state index in [-0.39, 0.29) is 0 Å². The van der Waals surface area contributed by atoms with Crippen LogP contribution in [-0.2, 0) is 10.4 Å². The Morgan fingerprint density at radius 1 is 0.833 bits per heavy atom. The van der Waals surface area contributed by atoms with Crippen molar-refractivity contribution in [2.75, 3.05) is 0 Å². The van der Waals surface area contributed by atoms with Crippen molar-refractivity contribution in [1.82, 2.24) is 0 Å². The molecule has 5 aromatic rings. The molecule has 1 aliphatic heterocycles. The zero-order valence-corrected chi connectivity index (χ0v) is 20.2. The van der Waals surface area contributed by atoms with E-state index in [1.807, 2.05) is 84.2 Å². The van der Waals surface area contributed by atoms with Crippen LogP contribution in [0.2, 0.25) is 0 Å². The van der Waals surface area contributed by atoms with Crippen molar-refractivity contribution in [2.45, 2.75) is 5.60 Å². The van der Waals surface area contributed by atoms with Gasteiger partial charge in [-0.3, -0.25) is 0 Å². The molecule has 3 nitrogen and oxygen atoms in total. The van der Waals surface area contributed by atoms with E-state index in [1.165, 1.54) is 6.08 Å². The lowest BCUT2D eigenvalue weighted by Crippen LogP contribution is -2.34. The smallest absolute Gasteiger partial charge is 0.336 e. The Morgan fingerprint density at radius 3 is 2.25 bits per heavy atom. The average molecular weight is 487 g/mol. The van der Waals surface area contributed by atoms with E-state index >= 15 is 0 Å². The molecule has 36 heavy (non-hydrogen) atoms. The monoisotopic (exact) mass is 486 g/mol. The Labute approximate surface area is 213 Å². The second-order valence-electron chi connectivity index (χ2n) is 8.53. The second-order valence-corrected chi connectivity index (χ2v) is 9.51. The summed E-state index contributed by atoms with van der Waals surface area (Å²) in [6.07, 6.45) is 7.44. The summed E-state index contributed by atoms with van der Waals surface area (Å²) in [5.74, 6) is 0.860. The van der Waals surface area contributed by atoms with Gasteiger partial charge in [-0.05, 0) is 58.6 Å². The topological polar surface area (TPSA) is 35.5 Å². The van der Waals surface area contributed by atoms with Gasteiger partial charge in [-0.25, -0.2) is 4.79 Å². The number of thiophene rings is 1. The number of benzene rings is 4. The standard InChI is InChI=1S/C32H22O3S/c33-31(18-16-27-12-7-21-36-27)34-26-15-13-23-14-17-30-28(29(23)22-26)19-20-32(35-30,24-8-3-1-4-9-24)25-10-5-2-6-11-25/h1-22H/b18-16+. The normalized spacial score (nSPS) is 13.9. The van der Waals surface area contributed by atoms with Crippen LogP contribution in [0.25, 0.3) is 22.9 Å². The van der Waals surface area contributed by atoms with Crippen LogP contribution in [0.3, 0.4) is 0 Å². The first-order valence-corrected chi connectivity index (χ1v) is 12.6. The van der Waals surface area contributed by atoms with Gasteiger partial charge in [0, 0.05) is 27.6 Å². The first kappa shape index (κ1) is 22.1. The average Bonchev–Trinajstić information content (AvgIpc) is 3.46. The molecule has 4 aromatic carbocycles. The molecule has 1 aliphatic rings. The molecule has 0 bridgehead atoms. The molecular weight excluding hydrogens is 464 g/mol. The molecule has 0 N–H and O–H groups in total. The third-order valence-electron chi connectivity index (χ3n) is 6.30. The number of ether oxygens (including phenoxy) is 2. The minimum Gasteiger partial charge on any atom is -0.473 e. The number of hydrogen-bond donors (Lipinski definition) is 0. The number of carbonyl (C=O) groups excluding carboxylic acids is 1. The summed E-state index contributed by atoms with van der Waals surface area (Å²) in [5, 5.41) is 3.98. The molecule has 0 spiro atoms. The molecule has 0 saturated heterocycles. The van der Waals surface area contributed by atoms with Gasteiger partial charge in [-0.15, -0.1) is 11.3 Å². The Balaban J connectivity index is 1.37. The molecule has 6 rings (SSSR count). The fourth-order valence-corrected chi connectivity index (χ4v) is 5.19. The minimum atomic E-state index is -0.736. The van der Waals surface area contributed by atoms with Gasteiger partial charge < -0.3 is 9.47 Å². The minimum absolute atomic E-state index is 0.411. The first-order valence-electron chi connectivity index (χ1n) is 11.7. The van der Waals surface area contributed by atoms with Crippen LogP contribution in [0.5, 0.6) is 11.5 Å². The van der Waals surface area contributed by atoms with Gasteiger partial charge in [0.1, 0.15) is 11.5 Å². The molecule has 0 aliphatic carbocycles. The highest BCUT2D eigenvalue weighted by Gasteiger charge is 2.37. The zero-order chi connectivity index (χ0) is 24.4. The highest BCUT2D eigenvalue weighted by molar-refractivity contribution is 7.10. The molecule has 0 unspecified atom stereocenters. The second kappa shape index (κ2) is 9.33. The molecular formula is C32H22O3S. The van der Waals surface area contributed by atoms with Crippen molar-refractivity contribution in [2.24, 2.45) is 0 Å². The number of fused-ring (bicyclic) bond motifs is 3. The van der Waals surface area contributed by atoms with E-state index in [0.717, 1.165) is 38.1 Å². The Hall–Kier alpha value is -4.41. The van der Waals surface area contributed by atoms with Gasteiger partial charge in [-0.1, -0.05) is 78.9 Å². The van der Waals surface area contributed by atoms with Crippen LogP contribution in [-0.4, -0.2) is 5.97 Å². The van der Waals surface area contributed by atoms with Crippen LogP contribution >= 0.6 is 11.3 Å². The largest absolute Gasteiger partial charge is 0.473 e. The van der Waals surface area contributed by atoms with Crippen LogP contribution < -0.4 is 9.47 Å². The summed E-state index contributed by atoms with van der Waals surface area (Å²) in [7, 11) is 0. The molecule has 1 aromatic heterocycles. The fraction of sp³-hybridized carbons (Fsp3) is 0.0312. The van der Waals surface area contributed by atoms with Crippen molar-refractivity contribution >= 4 is 40.2 Å². The number of carbonyl (C=O) groups is 1.